The van der Waals surface area contributed by atoms with E-state index in [9.17, 15) is 19.5 Å². The molecule has 24 heavy (non-hydrogen) atoms. The minimum absolute atomic E-state index is 0.00530. The Morgan fingerprint density at radius 3 is 2.58 bits per heavy atom. The van der Waals surface area contributed by atoms with Gasteiger partial charge in [-0.1, -0.05) is 12.1 Å². The topological polar surface area (TPSA) is 84.5 Å². The third-order valence-corrected chi connectivity index (χ3v) is 5.49. The number of carboxylic acids is 1. The number of imidazole rings is 1. The fraction of sp³-hybridized carbons (Fsp3) is 0.471. The van der Waals surface area contributed by atoms with Crippen LogP contribution in [0.3, 0.4) is 0 Å². The highest BCUT2D eigenvalue weighted by Crippen LogP contribution is 2.41. The van der Waals surface area contributed by atoms with Crippen molar-refractivity contribution in [2.24, 2.45) is 13.0 Å². The predicted octanol–water partition coefficient (Wildman–Crippen LogP) is 0.804. The van der Waals surface area contributed by atoms with E-state index >= 15 is 0 Å². The molecule has 1 N–H and O–H groups in total. The van der Waals surface area contributed by atoms with Gasteiger partial charge >= 0.3 is 11.7 Å². The van der Waals surface area contributed by atoms with Crippen molar-refractivity contribution in [1.29, 1.82) is 0 Å². The molecule has 2 saturated heterocycles. The molecule has 7 nitrogen and oxygen atoms in total. The third-order valence-electron chi connectivity index (χ3n) is 5.49. The average Bonchev–Trinajstić information content (AvgIpc) is 3.22. The maximum atomic E-state index is 12.8. The van der Waals surface area contributed by atoms with Gasteiger partial charge in [0.15, 0.2) is 0 Å². The molecule has 2 bridgehead atoms. The molecule has 2 aromatic rings. The number of aromatic nitrogens is 2. The number of aliphatic carboxylic acids is 1. The van der Waals surface area contributed by atoms with Gasteiger partial charge in [-0.25, -0.2) is 4.79 Å². The van der Waals surface area contributed by atoms with Gasteiger partial charge in [0, 0.05) is 19.1 Å². The quantitative estimate of drug-likeness (QED) is 0.903. The van der Waals surface area contributed by atoms with Gasteiger partial charge in [-0.2, -0.15) is 0 Å². The molecule has 1 amide bonds. The van der Waals surface area contributed by atoms with Crippen molar-refractivity contribution < 1.29 is 14.7 Å². The molecule has 126 valence electrons. The van der Waals surface area contributed by atoms with Crippen LogP contribution in [0.5, 0.6) is 0 Å². The molecule has 2 fully saturated rings. The molecular formula is C17H19N3O4. The van der Waals surface area contributed by atoms with Crippen molar-refractivity contribution >= 4 is 22.9 Å². The summed E-state index contributed by atoms with van der Waals surface area (Å²) in [5, 5.41) is 9.32. The molecule has 2 aliphatic rings. The maximum absolute atomic E-state index is 12.8. The molecular weight excluding hydrogens is 310 g/mol. The van der Waals surface area contributed by atoms with Crippen LogP contribution in [-0.2, 0) is 23.2 Å². The number of para-hydroxylation sites is 2. The second kappa shape index (κ2) is 5.22. The summed E-state index contributed by atoms with van der Waals surface area (Å²) in [6.45, 7) is -0.0421. The Hall–Kier alpha value is -2.57. The van der Waals surface area contributed by atoms with Crippen molar-refractivity contribution in [2.75, 3.05) is 0 Å². The van der Waals surface area contributed by atoms with E-state index in [1.165, 1.54) is 9.13 Å². The lowest BCUT2D eigenvalue weighted by molar-refractivity contribution is -0.143. The Labute approximate surface area is 138 Å². The molecule has 0 aliphatic carbocycles. The molecule has 1 aromatic heterocycles. The van der Waals surface area contributed by atoms with E-state index in [4.69, 9.17) is 0 Å². The van der Waals surface area contributed by atoms with E-state index in [0.29, 0.717) is 6.42 Å². The largest absolute Gasteiger partial charge is 0.481 e. The van der Waals surface area contributed by atoms with Gasteiger partial charge in [-0.3, -0.25) is 18.7 Å². The van der Waals surface area contributed by atoms with Gasteiger partial charge in [-0.05, 0) is 31.4 Å². The van der Waals surface area contributed by atoms with Crippen molar-refractivity contribution in [1.82, 2.24) is 14.0 Å². The summed E-state index contributed by atoms with van der Waals surface area (Å²) in [6.07, 6.45) is 2.11. The summed E-state index contributed by atoms with van der Waals surface area (Å²) >= 11 is 0. The lowest BCUT2D eigenvalue weighted by atomic mass is 9.89. The van der Waals surface area contributed by atoms with Crippen LogP contribution in [0.4, 0.5) is 0 Å². The number of carboxylic acid groups (broad SMARTS) is 1. The average molecular weight is 329 g/mol. The molecule has 1 aromatic carbocycles. The van der Waals surface area contributed by atoms with Crippen LogP contribution in [-0.4, -0.2) is 43.1 Å². The van der Waals surface area contributed by atoms with Crippen LogP contribution in [0.15, 0.2) is 29.1 Å². The zero-order valence-electron chi connectivity index (χ0n) is 13.4. The standard InChI is InChI=1S/C17H19N3O4/c1-18-13-4-2-3-5-14(13)19(17(18)24)9-15(21)20-10-6-7-12(20)11(8-10)16(22)23/h2-5,10-12H,6-9H2,1H3,(H,22,23). The highest BCUT2D eigenvalue weighted by molar-refractivity contribution is 5.83. The first-order valence-corrected chi connectivity index (χ1v) is 8.17. The van der Waals surface area contributed by atoms with Crippen LogP contribution in [0, 0.1) is 5.92 Å². The van der Waals surface area contributed by atoms with Crippen LogP contribution < -0.4 is 5.69 Å². The summed E-state index contributed by atoms with van der Waals surface area (Å²) in [7, 11) is 1.69. The summed E-state index contributed by atoms with van der Waals surface area (Å²) < 4.78 is 3.01. The molecule has 0 saturated carbocycles. The first kappa shape index (κ1) is 15.0. The van der Waals surface area contributed by atoms with E-state index in [-0.39, 0.29) is 30.2 Å². The third kappa shape index (κ3) is 2.00. The number of fused-ring (bicyclic) bond motifs is 3. The molecule has 3 atom stereocenters. The first-order chi connectivity index (χ1) is 11.5. The normalized spacial score (nSPS) is 25.5. The number of aryl methyl sites for hydroxylation is 1. The Kier molecular flexibility index (Phi) is 3.26. The number of benzene rings is 1. The summed E-state index contributed by atoms with van der Waals surface area (Å²) in [4.78, 5) is 38.3. The number of carbonyl (C=O) groups is 2. The molecule has 7 heteroatoms. The molecule has 0 radical (unpaired) electrons. The zero-order chi connectivity index (χ0) is 17.0. The van der Waals surface area contributed by atoms with E-state index in [1.807, 2.05) is 24.3 Å². The van der Waals surface area contributed by atoms with Gasteiger partial charge in [0.05, 0.1) is 17.0 Å². The molecule has 2 aliphatic heterocycles. The van der Waals surface area contributed by atoms with E-state index < -0.39 is 11.9 Å². The maximum Gasteiger partial charge on any atom is 0.329 e. The number of carbonyl (C=O) groups excluding carboxylic acids is 1. The first-order valence-electron chi connectivity index (χ1n) is 8.17. The lowest BCUT2D eigenvalue weighted by Crippen LogP contribution is -2.41. The number of hydrogen-bond acceptors (Lipinski definition) is 3. The Morgan fingerprint density at radius 2 is 1.92 bits per heavy atom. The monoisotopic (exact) mass is 329 g/mol. The van der Waals surface area contributed by atoms with Crippen LogP contribution in [0.2, 0.25) is 0 Å². The fourth-order valence-corrected chi connectivity index (χ4v) is 4.38. The second-order valence-electron chi connectivity index (χ2n) is 6.70. The number of hydrogen-bond donors (Lipinski definition) is 1. The van der Waals surface area contributed by atoms with Crippen LogP contribution in [0.1, 0.15) is 19.3 Å². The van der Waals surface area contributed by atoms with Gasteiger partial charge in [0.2, 0.25) is 5.91 Å². The molecule has 3 unspecified atom stereocenters. The number of rotatable bonds is 3. The van der Waals surface area contributed by atoms with E-state index in [2.05, 4.69) is 0 Å². The van der Waals surface area contributed by atoms with E-state index in [1.54, 1.807) is 11.9 Å². The summed E-state index contributed by atoms with van der Waals surface area (Å²) in [5.74, 6) is -1.47. The van der Waals surface area contributed by atoms with Crippen molar-refractivity contribution in [2.45, 2.75) is 37.9 Å². The Bertz CT molecular complexity index is 897. The minimum Gasteiger partial charge on any atom is -0.481 e. The van der Waals surface area contributed by atoms with Crippen molar-refractivity contribution in [3.05, 3.63) is 34.7 Å². The Morgan fingerprint density at radius 1 is 1.21 bits per heavy atom. The lowest BCUT2D eigenvalue weighted by Gasteiger charge is -2.23. The highest BCUT2D eigenvalue weighted by Gasteiger charge is 2.51. The van der Waals surface area contributed by atoms with Gasteiger partial charge in [0.1, 0.15) is 6.54 Å². The summed E-state index contributed by atoms with van der Waals surface area (Å²) in [6, 6.07) is 7.12. The second-order valence-corrected chi connectivity index (χ2v) is 6.70. The molecule has 3 heterocycles. The summed E-state index contributed by atoms with van der Waals surface area (Å²) in [5.41, 5.74) is 1.27. The minimum atomic E-state index is -0.831. The Balaban J connectivity index is 1.66. The fourth-order valence-electron chi connectivity index (χ4n) is 4.38. The SMILES string of the molecule is Cn1c(=O)n(CC(=O)N2C3CCC2C(C(=O)O)C3)c2ccccc21. The van der Waals surface area contributed by atoms with Gasteiger partial charge in [0.25, 0.3) is 0 Å². The van der Waals surface area contributed by atoms with Crippen LogP contribution in [0.25, 0.3) is 11.0 Å². The van der Waals surface area contributed by atoms with Crippen molar-refractivity contribution in [3.8, 4) is 0 Å². The van der Waals surface area contributed by atoms with Gasteiger partial charge < -0.3 is 10.0 Å². The highest BCUT2D eigenvalue weighted by atomic mass is 16.4. The van der Waals surface area contributed by atoms with Gasteiger partial charge in [-0.15, -0.1) is 0 Å². The molecule has 4 rings (SSSR count). The predicted molar refractivity (Wildman–Crippen MR) is 86.6 cm³/mol. The number of nitrogens with zero attached hydrogens (tertiary/aromatic N) is 3. The van der Waals surface area contributed by atoms with Crippen molar-refractivity contribution in [3.63, 3.8) is 0 Å². The molecule has 0 spiro atoms. The van der Waals surface area contributed by atoms with E-state index in [0.717, 1.165) is 23.9 Å². The smallest absolute Gasteiger partial charge is 0.329 e. The zero-order valence-corrected chi connectivity index (χ0v) is 13.4. The van der Waals surface area contributed by atoms with Crippen LogP contribution >= 0.6 is 0 Å². The number of amides is 1.